The topological polar surface area (TPSA) is 20.3 Å². The van der Waals surface area contributed by atoms with Crippen molar-refractivity contribution in [3.63, 3.8) is 0 Å². The maximum Gasteiger partial charge on any atom is 0.264 e. The van der Waals surface area contributed by atoms with Gasteiger partial charge in [-0.15, -0.1) is 11.3 Å². The first kappa shape index (κ1) is 29.5. The van der Waals surface area contributed by atoms with Gasteiger partial charge in [0.25, 0.3) is 5.91 Å². The van der Waals surface area contributed by atoms with Crippen LogP contribution in [0.3, 0.4) is 0 Å². The number of hydrogen-bond acceptors (Lipinski definition) is 2. The van der Waals surface area contributed by atoms with Crippen LogP contribution >= 0.6 is 11.3 Å². The molecular formula is C43H35NOS. The van der Waals surface area contributed by atoms with Crippen LogP contribution in [0, 0.1) is 0 Å². The van der Waals surface area contributed by atoms with Crippen molar-refractivity contribution >= 4 is 28.0 Å². The lowest BCUT2D eigenvalue weighted by Crippen LogP contribution is -2.30. The second-order valence-electron chi connectivity index (χ2n) is 11.3. The Hall–Kier alpha value is -5.25. The van der Waals surface area contributed by atoms with Gasteiger partial charge in [0.2, 0.25) is 0 Å². The summed E-state index contributed by atoms with van der Waals surface area (Å²) in [6.07, 6.45) is 0. The first-order chi connectivity index (χ1) is 22.7. The first-order valence-corrected chi connectivity index (χ1v) is 16.8. The average molecular weight is 614 g/mol. The zero-order valence-corrected chi connectivity index (χ0v) is 26.9. The van der Waals surface area contributed by atoms with Gasteiger partial charge in [-0.1, -0.05) is 152 Å². The molecule has 0 atom stereocenters. The van der Waals surface area contributed by atoms with Gasteiger partial charge < -0.3 is 4.90 Å². The van der Waals surface area contributed by atoms with Gasteiger partial charge >= 0.3 is 0 Å². The summed E-state index contributed by atoms with van der Waals surface area (Å²) in [4.78, 5) is 18.5. The lowest BCUT2D eigenvalue weighted by Gasteiger charge is -2.24. The molecule has 0 aliphatic rings. The highest BCUT2D eigenvalue weighted by atomic mass is 32.1. The van der Waals surface area contributed by atoms with Gasteiger partial charge in [0, 0.05) is 28.7 Å². The molecule has 46 heavy (non-hydrogen) atoms. The predicted octanol–water partition coefficient (Wildman–Crippen LogP) is 11.7. The average Bonchev–Trinajstić information content (AvgIpc) is 3.53. The van der Waals surface area contributed by atoms with Crippen LogP contribution in [0.4, 0.5) is 0 Å². The predicted molar refractivity (Wildman–Crippen MR) is 196 cm³/mol. The van der Waals surface area contributed by atoms with Crippen LogP contribution in [-0.2, 0) is 0 Å². The molecule has 0 radical (unpaired) electrons. The van der Waals surface area contributed by atoms with Gasteiger partial charge in [0.1, 0.15) is 4.88 Å². The van der Waals surface area contributed by atoms with Crippen molar-refractivity contribution in [2.24, 2.45) is 0 Å². The highest BCUT2D eigenvalue weighted by Crippen LogP contribution is 2.56. The van der Waals surface area contributed by atoms with Gasteiger partial charge in [-0.05, 0) is 63.9 Å². The normalized spacial score (nSPS) is 11.1. The number of nitrogens with zero attached hydrogens (tertiary/aromatic N) is 1. The monoisotopic (exact) mass is 613 g/mol. The SMILES string of the molecule is CCN(CC)C(=O)c1sc(-c2ccccc2)c2c(-c3ccccc3)c(-c3ccccc3)c(-c3ccccc3)c(-c3ccccc3)c12. The van der Waals surface area contributed by atoms with Crippen LogP contribution in [0.5, 0.6) is 0 Å². The molecule has 0 saturated heterocycles. The Balaban J connectivity index is 1.81. The molecule has 0 bridgehead atoms. The van der Waals surface area contributed by atoms with E-state index in [0.29, 0.717) is 13.1 Å². The summed E-state index contributed by atoms with van der Waals surface area (Å²) in [5, 5.41) is 2.14. The third-order valence-corrected chi connectivity index (χ3v) is 9.92. The zero-order valence-electron chi connectivity index (χ0n) is 26.1. The van der Waals surface area contributed by atoms with E-state index in [2.05, 4.69) is 166 Å². The van der Waals surface area contributed by atoms with Crippen LogP contribution in [-0.4, -0.2) is 23.9 Å². The smallest absolute Gasteiger partial charge is 0.264 e. The summed E-state index contributed by atoms with van der Waals surface area (Å²) in [7, 11) is 0. The van der Waals surface area contributed by atoms with E-state index in [9.17, 15) is 4.79 Å². The minimum absolute atomic E-state index is 0.0739. The third-order valence-electron chi connectivity index (χ3n) is 8.69. The van der Waals surface area contributed by atoms with E-state index < -0.39 is 0 Å². The lowest BCUT2D eigenvalue weighted by atomic mass is 9.78. The molecule has 3 heteroatoms. The Kier molecular flexibility index (Phi) is 8.33. The molecule has 1 aromatic heterocycles. The van der Waals surface area contributed by atoms with Crippen molar-refractivity contribution < 1.29 is 4.79 Å². The molecular weight excluding hydrogens is 579 g/mol. The molecule has 0 aliphatic carbocycles. The Morgan fingerprint density at radius 1 is 0.457 bits per heavy atom. The minimum Gasteiger partial charge on any atom is -0.338 e. The number of carbonyl (C=O) groups is 1. The van der Waals surface area contributed by atoms with E-state index in [1.807, 2.05) is 4.90 Å². The summed E-state index contributed by atoms with van der Waals surface area (Å²) in [6, 6.07) is 53.3. The van der Waals surface area contributed by atoms with Crippen molar-refractivity contribution in [1.82, 2.24) is 4.90 Å². The standard InChI is InChI=1S/C43H35NOS/c1-3-44(4-2)43(45)42-40-38(33-26-16-8-17-27-33)36(31-22-12-6-13-23-31)35(30-20-10-5-11-21-30)37(32-24-14-7-15-25-32)39(40)41(46-42)34-28-18-9-19-29-34/h5-29H,3-4H2,1-2H3. The Bertz CT molecular complexity index is 2100. The first-order valence-electron chi connectivity index (χ1n) is 15.9. The lowest BCUT2D eigenvalue weighted by molar-refractivity contribution is 0.0779. The quantitative estimate of drug-likeness (QED) is 0.167. The van der Waals surface area contributed by atoms with Crippen molar-refractivity contribution in [3.8, 4) is 54.9 Å². The van der Waals surface area contributed by atoms with Crippen LogP contribution < -0.4 is 0 Å². The van der Waals surface area contributed by atoms with E-state index in [0.717, 1.165) is 65.0 Å². The molecule has 0 fully saturated rings. The van der Waals surface area contributed by atoms with E-state index in [-0.39, 0.29) is 5.91 Å². The fraction of sp³-hybridized carbons (Fsp3) is 0.0930. The molecule has 0 spiro atoms. The Morgan fingerprint density at radius 2 is 0.783 bits per heavy atom. The second kappa shape index (κ2) is 13.0. The summed E-state index contributed by atoms with van der Waals surface area (Å²) in [6.45, 7) is 5.42. The molecule has 1 amide bonds. The van der Waals surface area contributed by atoms with Crippen molar-refractivity contribution in [1.29, 1.82) is 0 Å². The Morgan fingerprint density at radius 3 is 1.15 bits per heavy atom. The number of hydrogen-bond donors (Lipinski definition) is 0. The summed E-state index contributed by atoms with van der Waals surface area (Å²) < 4.78 is 0. The minimum atomic E-state index is 0.0739. The fourth-order valence-electron chi connectivity index (χ4n) is 6.58. The molecule has 0 saturated carbocycles. The van der Waals surface area contributed by atoms with Crippen molar-refractivity contribution in [2.75, 3.05) is 13.1 Å². The third kappa shape index (κ3) is 5.23. The maximum atomic E-state index is 14.6. The number of carbonyl (C=O) groups excluding carboxylic acids is 1. The zero-order chi connectivity index (χ0) is 31.5. The van der Waals surface area contributed by atoms with Crippen LogP contribution in [0.15, 0.2) is 152 Å². The van der Waals surface area contributed by atoms with E-state index >= 15 is 0 Å². The second-order valence-corrected chi connectivity index (χ2v) is 12.3. The number of benzene rings is 6. The number of fused-ring (bicyclic) bond motifs is 1. The van der Waals surface area contributed by atoms with Crippen molar-refractivity contribution in [2.45, 2.75) is 13.8 Å². The van der Waals surface area contributed by atoms with Gasteiger partial charge in [-0.2, -0.15) is 0 Å². The van der Waals surface area contributed by atoms with Gasteiger partial charge in [-0.3, -0.25) is 4.79 Å². The number of amides is 1. The molecule has 6 aromatic carbocycles. The van der Waals surface area contributed by atoms with Crippen molar-refractivity contribution in [3.05, 3.63) is 157 Å². The molecule has 7 aromatic rings. The molecule has 0 unspecified atom stereocenters. The van der Waals surface area contributed by atoms with Gasteiger partial charge in [0.05, 0.1) is 0 Å². The van der Waals surface area contributed by atoms with E-state index in [4.69, 9.17) is 0 Å². The Labute approximate surface area is 275 Å². The largest absolute Gasteiger partial charge is 0.338 e. The highest BCUT2D eigenvalue weighted by molar-refractivity contribution is 7.19. The van der Waals surface area contributed by atoms with Crippen LogP contribution in [0.25, 0.3) is 65.7 Å². The number of rotatable bonds is 8. The van der Waals surface area contributed by atoms with Gasteiger partial charge in [-0.25, -0.2) is 0 Å². The molecule has 1 heterocycles. The highest BCUT2D eigenvalue weighted by Gasteiger charge is 2.31. The van der Waals surface area contributed by atoms with E-state index in [1.54, 1.807) is 11.3 Å². The number of thiophene rings is 1. The summed E-state index contributed by atoms with van der Waals surface area (Å²) in [5.74, 6) is 0.0739. The molecule has 7 rings (SSSR count). The molecule has 2 nitrogen and oxygen atoms in total. The molecule has 0 aliphatic heterocycles. The van der Waals surface area contributed by atoms with Crippen LogP contribution in [0.1, 0.15) is 23.5 Å². The van der Waals surface area contributed by atoms with E-state index in [1.165, 1.54) is 5.56 Å². The van der Waals surface area contributed by atoms with Gasteiger partial charge in [0.15, 0.2) is 0 Å². The molecule has 0 N–H and O–H groups in total. The fourth-order valence-corrected chi connectivity index (χ4v) is 7.87. The molecule has 224 valence electrons. The maximum absolute atomic E-state index is 14.6. The summed E-state index contributed by atoms with van der Waals surface area (Å²) >= 11 is 1.63. The van der Waals surface area contributed by atoms with Crippen LogP contribution in [0.2, 0.25) is 0 Å². The summed E-state index contributed by atoms with van der Waals surface area (Å²) in [5.41, 5.74) is 10.1.